The smallest absolute Gasteiger partial charge is 0.324 e. The van der Waals surface area contributed by atoms with Crippen LogP contribution in [-0.4, -0.2) is 66.8 Å². The number of rotatable bonds is 4. The number of carbonyl (C=O) groups is 1. The molecule has 0 aliphatic carbocycles. The van der Waals surface area contributed by atoms with Crippen LogP contribution < -0.4 is 15.1 Å². The molecule has 2 aromatic carbocycles. The number of para-hydroxylation sites is 1. The first-order valence-corrected chi connectivity index (χ1v) is 11.9. The summed E-state index contributed by atoms with van der Waals surface area (Å²) in [5, 5.41) is 15.2. The molecule has 2 saturated heterocycles. The fraction of sp³-hybridized carbons (Fsp3) is 0.308. The number of likely N-dealkylation sites (N-methyl/N-ethyl adjacent to an activating group) is 1. The molecule has 5 rings (SSSR count). The number of nitrogens with zero attached hydrogens (tertiary/aromatic N) is 4. The number of urea groups is 1. The quantitative estimate of drug-likeness (QED) is 0.581. The number of amides is 2. The van der Waals surface area contributed by atoms with Crippen LogP contribution in [0.4, 0.5) is 16.3 Å². The number of aromatic hydroxyl groups is 1. The predicted octanol–water partition coefficient (Wildman–Crippen LogP) is 4.44. The van der Waals surface area contributed by atoms with Crippen LogP contribution in [0.25, 0.3) is 22.3 Å². The highest BCUT2D eigenvalue weighted by Gasteiger charge is 2.28. The monoisotopic (exact) mass is 477 g/mol. The average Bonchev–Trinajstić information content (AvgIpc) is 3.17. The second-order valence-electron chi connectivity index (χ2n) is 8.93. The van der Waals surface area contributed by atoms with Gasteiger partial charge in [0.15, 0.2) is 0 Å². The first kappa shape index (κ1) is 22.5. The summed E-state index contributed by atoms with van der Waals surface area (Å²) in [6, 6.07) is 15.5. The van der Waals surface area contributed by atoms with Gasteiger partial charge in [0.05, 0.1) is 10.7 Å². The minimum atomic E-state index is -0.0631. The summed E-state index contributed by atoms with van der Waals surface area (Å²) >= 11 is 6.59. The van der Waals surface area contributed by atoms with E-state index in [1.807, 2.05) is 42.5 Å². The topological polar surface area (TPSA) is 71.9 Å². The molecule has 8 heteroatoms. The number of hydrogen-bond donors (Lipinski definition) is 2. The Morgan fingerprint density at radius 1 is 1.06 bits per heavy atom. The molecule has 0 saturated carbocycles. The Morgan fingerprint density at radius 2 is 1.82 bits per heavy atom. The molecular formula is C26H28ClN5O2. The third-order valence-electron chi connectivity index (χ3n) is 6.55. The molecular weight excluding hydrogens is 450 g/mol. The van der Waals surface area contributed by atoms with Crippen LogP contribution in [0, 0.1) is 0 Å². The van der Waals surface area contributed by atoms with Crippen LogP contribution in [0.2, 0.25) is 5.02 Å². The number of aromatic nitrogens is 1. The van der Waals surface area contributed by atoms with E-state index in [9.17, 15) is 9.90 Å². The molecule has 3 heterocycles. The minimum absolute atomic E-state index is 0.0631. The Hall–Kier alpha value is -3.29. The zero-order chi connectivity index (χ0) is 23.8. The molecule has 0 spiro atoms. The Balaban J connectivity index is 1.46. The standard InChI is InChI=1S/C26H28ClN5O2/c1-17-16-31(11-10-28-17)24-15-19(8-9-29-24)21-5-3-4-20(25(21)33)18-6-7-23(22(27)14-18)32-13-12-30(2)26(32)34/h3-9,14-15,17,28,33H,10-13,16H2,1-2H3/t17-/m1/s1. The van der Waals surface area contributed by atoms with Gasteiger partial charge in [0.2, 0.25) is 0 Å². The van der Waals surface area contributed by atoms with Crippen molar-refractivity contribution in [2.75, 3.05) is 49.6 Å². The molecule has 2 amide bonds. The molecule has 0 unspecified atom stereocenters. The van der Waals surface area contributed by atoms with Crippen LogP contribution >= 0.6 is 11.6 Å². The summed E-state index contributed by atoms with van der Waals surface area (Å²) < 4.78 is 0. The summed E-state index contributed by atoms with van der Waals surface area (Å²) in [5.41, 5.74) is 3.80. The molecule has 0 bridgehead atoms. The summed E-state index contributed by atoms with van der Waals surface area (Å²) in [6.07, 6.45) is 1.79. The van der Waals surface area contributed by atoms with E-state index in [0.717, 1.165) is 42.1 Å². The Labute approximate surface area is 204 Å². The van der Waals surface area contributed by atoms with Gasteiger partial charge < -0.3 is 20.2 Å². The number of halogens is 1. The lowest BCUT2D eigenvalue weighted by molar-refractivity contribution is 0.229. The van der Waals surface area contributed by atoms with Crippen LogP contribution in [0.1, 0.15) is 6.92 Å². The van der Waals surface area contributed by atoms with Crippen molar-refractivity contribution < 1.29 is 9.90 Å². The van der Waals surface area contributed by atoms with Gasteiger partial charge in [0.25, 0.3) is 0 Å². The van der Waals surface area contributed by atoms with E-state index in [1.165, 1.54) is 0 Å². The van der Waals surface area contributed by atoms with Crippen LogP contribution in [-0.2, 0) is 0 Å². The SMILES string of the molecule is C[C@@H]1CN(c2cc(-c3cccc(-c4ccc(N5CCN(C)C5=O)c(Cl)c4)c3O)ccn2)CCN1. The third kappa shape index (κ3) is 4.17. The molecule has 2 fully saturated rings. The van der Waals surface area contributed by atoms with Gasteiger partial charge in [0.1, 0.15) is 11.6 Å². The van der Waals surface area contributed by atoms with E-state index in [-0.39, 0.29) is 11.8 Å². The summed E-state index contributed by atoms with van der Waals surface area (Å²) in [4.78, 5) is 22.6. The third-order valence-corrected chi connectivity index (χ3v) is 6.85. The molecule has 3 aromatic rings. The highest BCUT2D eigenvalue weighted by atomic mass is 35.5. The molecule has 1 atom stereocenters. The molecule has 0 radical (unpaired) electrons. The number of phenolic OH excluding ortho intramolecular Hbond substituents is 1. The second-order valence-corrected chi connectivity index (χ2v) is 9.33. The van der Waals surface area contributed by atoms with Crippen molar-refractivity contribution in [1.82, 2.24) is 15.2 Å². The first-order chi connectivity index (χ1) is 16.4. The number of pyridine rings is 1. The Bertz CT molecular complexity index is 1230. The van der Waals surface area contributed by atoms with Crippen LogP contribution in [0.15, 0.2) is 54.7 Å². The second kappa shape index (κ2) is 9.16. The number of carbonyl (C=O) groups excluding carboxylic acids is 1. The van der Waals surface area contributed by atoms with E-state index >= 15 is 0 Å². The van der Waals surface area contributed by atoms with E-state index in [2.05, 4.69) is 22.1 Å². The zero-order valence-corrected chi connectivity index (χ0v) is 20.1. The van der Waals surface area contributed by atoms with E-state index in [0.29, 0.717) is 35.4 Å². The minimum Gasteiger partial charge on any atom is -0.507 e. The van der Waals surface area contributed by atoms with E-state index in [1.54, 1.807) is 29.1 Å². The van der Waals surface area contributed by atoms with Gasteiger partial charge in [-0.1, -0.05) is 35.9 Å². The number of anilines is 2. The van der Waals surface area contributed by atoms with Crippen molar-refractivity contribution in [2.24, 2.45) is 0 Å². The molecule has 2 aliphatic heterocycles. The van der Waals surface area contributed by atoms with Crippen molar-refractivity contribution in [3.63, 3.8) is 0 Å². The molecule has 176 valence electrons. The summed E-state index contributed by atoms with van der Waals surface area (Å²) in [6.45, 7) is 6.14. The van der Waals surface area contributed by atoms with E-state index < -0.39 is 0 Å². The number of phenols is 1. The van der Waals surface area contributed by atoms with Crippen molar-refractivity contribution >= 4 is 29.1 Å². The van der Waals surface area contributed by atoms with Gasteiger partial charge in [0, 0.05) is 63.1 Å². The van der Waals surface area contributed by atoms with E-state index in [4.69, 9.17) is 11.6 Å². The Kier molecular flexibility index (Phi) is 6.06. The highest BCUT2D eigenvalue weighted by Crippen LogP contribution is 2.41. The van der Waals surface area contributed by atoms with Gasteiger partial charge in [-0.05, 0) is 42.3 Å². The lowest BCUT2D eigenvalue weighted by Crippen LogP contribution is -2.49. The van der Waals surface area contributed by atoms with Gasteiger partial charge >= 0.3 is 6.03 Å². The molecule has 7 nitrogen and oxygen atoms in total. The highest BCUT2D eigenvalue weighted by molar-refractivity contribution is 6.34. The summed E-state index contributed by atoms with van der Waals surface area (Å²) in [5.74, 6) is 1.09. The van der Waals surface area contributed by atoms with Gasteiger partial charge in [-0.2, -0.15) is 0 Å². The molecule has 2 N–H and O–H groups in total. The van der Waals surface area contributed by atoms with Crippen molar-refractivity contribution in [1.29, 1.82) is 0 Å². The maximum absolute atomic E-state index is 12.4. The van der Waals surface area contributed by atoms with Gasteiger partial charge in [-0.25, -0.2) is 9.78 Å². The van der Waals surface area contributed by atoms with Gasteiger partial charge in [-0.3, -0.25) is 4.90 Å². The van der Waals surface area contributed by atoms with Gasteiger partial charge in [-0.15, -0.1) is 0 Å². The number of hydrogen-bond acceptors (Lipinski definition) is 5. The fourth-order valence-electron chi connectivity index (χ4n) is 4.67. The lowest BCUT2D eigenvalue weighted by Gasteiger charge is -2.32. The maximum atomic E-state index is 12.4. The first-order valence-electron chi connectivity index (χ1n) is 11.5. The number of piperazine rings is 1. The predicted molar refractivity (Wildman–Crippen MR) is 137 cm³/mol. The van der Waals surface area contributed by atoms with Crippen molar-refractivity contribution in [3.05, 3.63) is 59.8 Å². The normalized spacial score (nSPS) is 18.6. The van der Waals surface area contributed by atoms with Crippen LogP contribution in [0.5, 0.6) is 5.75 Å². The molecule has 1 aromatic heterocycles. The number of nitrogens with one attached hydrogen (secondary N) is 1. The molecule has 2 aliphatic rings. The summed E-state index contributed by atoms with van der Waals surface area (Å²) in [7, 11) is 1.78. The maximum Gasteiger partial charge on any atom is 0.324 e. The van der Waals surface area contributed by atoms with Crippen molar-refractivity contribution in [3.8, 4) is 28.0 Å². The number of benzene rings is 2. The molecule has 34 heavy (non-hydrogen) atoms. The zero-order valence-electron chi connectivity index (χ0n) is 19.3. The van der Waals surface area contributed by atoms with Crippen molar-refractivity contribution in [2.45, 2.75) is 13.0 Å². The largest absolute Gasteiger partial charge is 0.507 e. The van der Waals surface area contributed by atoms with Crippen LogP contribution in [0.3, 0.4) is 0 Å². The average molecular weight is 478 g/mol. The fourth-order valence-corrected chi connectivity index (χ4v) is 4.96. The lowest BCUT2D eigenvalue weighted by atomic mass is 9.97. The Morgan fingerprint density at radius 3 is 2.50 bits per heavy atom.